The second-order valence-corrected chi connectivity index (χ2v) is 6.07. The first-order valence-electron chi connectivity index (χ1n) is 8.98. The molecule has 0 radical (unpaired) electrons. The second kappa shape index (κ2) is 12.5. The number of rotatable bonds is 8. The Bertz CT molecular complexity index is 669. The van der Waals surface area contributed by atoms with Crippen LogP contribution in [0.5, 0.6) is 0 Å². The van der Waals surface area contributed by atoms with Gasteiger partial charge >= 0.3 is 0 Å². The van der Waals surface area contributed by atoms with Crippen molar-refractivity contribution in [2.75, 3.05) is 16.4 Å². The highest BCUT2D eigenvalue weighted by Crippen LogP contribution is 2.17. The molecule has 140 valence electrons. The minimum absolute atomic E-state index is 0.0500. The maximum Gasteiger partial charge on any atom is 0.224 e. The third-order valence-corrected chi connectivity index (χ3v) is 3.77. The Hall–Kier alpha value is -2.82. The molecule has 0 bridgehead atoms. The van der Waals surface area contributed by atoms with Gasteiger partial charge in [-0.05, 0) is 37.6 Å². The van der Waals surface area contributed by atoms with E-state index in [1.165, 1.54) is 18.4 Å². The number of aryl methyl sites for hydroxylation is 1. The first-order chi connectivity index (χ1) is 12.6. The Morgan fingerprint density at radius 3 is 2.35 bits per heavy atom. The van der Waals surface area contributed by atoms with Crippen LogP contribution in [0.25, 0.3) is 0 Å². The molecule has 0 unspecified atom stereocenters. The van der Waals surface area contributed by atoms with Crippen LogP contribution in [0.15, 0.2) is 48.5 Å². The molecule has 0 aromatic heterocycles. The molecule has 0 aliphatic rings. The van der Waals surface area contributed by atoms with Crippen molar-refractivity contribution in [3.05, 3.63) is 54.1 Å². The molecule has 0 saturated carbocycles. The number of nitrogens with one attached hydrogen (secondary N) is 2. The van der Waals surface area contributed by atoms with Gasteiger partial charge in [0, 0.05) is 12.1 Å². The van der Waals surface area contributed by atoms with Crippen LogP contribution in [0.2, 0.25) is 0 Å². The van der Waals surface area contributed by atoms with Crippen molar-refractivity contribution in [2.24, 2.45) is 0 Å². The number of unbranched alkanes of at least 4 members (excludes halogenated alkanes) is 3. The van der Waals surface area contributed by atoms with Crippen molar-refractivity contribution in [1.29, 1.82) is 0 Å². The van der Waals surface area contributed by atoms with E-state index in [9.17, 15) is 9.59 Å². The molecule has 5 heteroatoms. The van der Waals surface area contributed by atoms with E-state index < -0.39 is 0 Å². The normalized spacial score (nSPS) is 9.62. The topological polar surface area (TPSA) is 84.2 Å². The Morgan fingerprint density at radius 2 is 1.73 bits per heavy atom. The summed E-state index contributed by atoms with van der Waals surface area (Å²) in [6.07, 6.45) is 5.70. The number of anilines is 3. The van der Waals surface area contributed by atoms with E-state index in [1.807, 2.05) is 49.4 Å². The Kier molecular flexibility index (Phi) is 10.2. The monoisotopic (exact) mass is 355 g/mol. The van der Waals surface area contributed by atoms with Crippen molar-refractivity contribution in [2.45, 2.75) is 46.0 Å². The summed E-state index contributed by atoms with van der Waals surface area (Å²) in [5.41, 5.74) is 9.08. The summed E-state index contributed by atoms with van der Waals surface area (Å²) in [7, 11) is 0. The molecule has 0 atom stereocenters. The fraction of sp³-hybridized carbons (Fsp3) is 0.333. The van der Waals surface area contributed by atoms with Crippen molar-refractivity contribution in [1.82, 2.24) is 0 Å². The summed E-state index contributed by atoms with van der Waals surface area (Å²) in [6.45, 7) is 4.16. The van der Waals surface area contributed by atoms with E-state index in [2.05, 4.69) is 17.6 Å². The predicted molar refractivity (Wildman–Crippen MR) is 109 cm³/mol. The highest BCUT2D eigenvalue weighted by atomic mass is 16.1. The van der Waals surface area contributed by atoms with Gasteiger partial charge in [0.2, 0.25) is 12.3 Å². The second-order valence-electron chi connectivity index (χ2n) is 6.07. The lowest BCUT2D eigenvalue weighted by molar-refractivity contribution is -0.116. The zero-order valence-electron chi connectivity index (χ0n) is 15.6. The van der Waals surface area contributed by atoms with Crippen LogP contribution in [0.1, 0.15) is 44.6 Å². The van der Waals surface area contributed by atoms with Crippen LogP contribution < -0.4 is 16.4 Å². The van der Waals surface area contributed by atoms with Crippen LogP contribution >= 0.6 is 0 Å². The van der Waals surface area contributed by atoms with Gasteiger partial charge < -0.3 is 16.4 Å². The van der Waals surface area contributed by atoms with Crippen LogP contribution in [0.3, 0.4) is 0 Å². The SMILES string of the molecule is CCCCCCC(=O)Nc1ccccc1N.Cc1ccc(NC=O)cc1. The van der Waals surface area contributed by atoms with Gasteiger partial charge in [0.15, 0.2) is 0 Å². The van der Waals surface area contributed by atoms with Crippen LogP contribution in [-0.4, -0.2) is 12.3 Å². The smallest absolute Gasteiger partial charge is 0.224 e. The maximum absolute atomic E-state index is 11.6. The summed E-state index contributed by atoms with van der Waals surface area (Å²) in [4.78, 5) is 21.5. The van der Waals surface area contributed by atoms with E-state index >= 15 is 0 Å². The quantitative estimate of drug-likeness (QED) is 0.363. The molecular formula is C21H29N3O2. The Morgan fingerprint density at radius 1 is 1.04 bits per heavy atom. The lowest BCUT2D eigenvalue weighted by Gasteiger charge is -2.07. The molecule has 0 heterocycles. The van der Waals surface area contributed by atoms with E-state index in [0.717, 1.165) is 18.5 Å². The molecule has 0 aliphatic carbocycles. The molecule has 0 spiro atoms. The third-order valence-electron chi connectivity index (χ3n) is 3.77. The van der Waals surface area contributed by atoms with Gasteiger partial charge in [-0.25, -0.2) is 0 Å². The number of hydrogen-bond donors (Lipinski definition) is 3. The molecule has 2 rings (SSSR count). The Balaban J connectivity index is 0.000000289. The van der Waals surface area contributed by atoms with E-state index in [-0.39, 0.29) is 5.91 Å². The standard InChI is InChI=1S/C13H20N2O.C8H9NO/c1-2-3-4-5-10-13(16)15-12-9-7-6-8-11(12)14;1-7-2-4-8(5-3-7)9-6-10/h6-9H,2-5,10,14H2,1H3,(H,15,16);2-6H,1H3,(H,9,10). The lowest BCUT2D eigenvalue weighted by atomic mass is 10.1. The molecule has 2 aromatic carbocycles. The summed E-state index contributed by atoms with van der Waals surface area (Å²) in [6, 6.07) is 15.0. The summed E-state index contributed by atoms with van der Waals surface area (Å²) >= 11 is 0. The minimum atomic E-state index is 0.0500. The van der Waals surface area contributed by atoms with Gasteiger partial charge in [0.05, 0.1) is 11.4 Å². The first kappa shape index (κ1) is 21.2. The molecule has 0 fully saturated rings. The predicted octanol–water partition coefficient (Wildman–Crippen LogP) is 4.74. The zero-order valence-corrected chi connectivity index (χ0v) is 15.6. The van der Waals surface area contributed by atoms with Gasteiger partial charge in [-0.3, -0.25) is 9.59 Å². The van der Waals surface area contributed by atoms with E-state index in [1.54, 1.807) is 6.07 Å². The lowest BCUT2D eigenvalue weighted by Crippen LogP contribution is -2.12. The molecule has 0 aliphatic heterocycles. The molecular weight excluding hydrogens is 326 g/mol. The fourth-order valence-corrected chi connectivity index (χ4v) is 2.25. The number of hydrogen-bond acceptors (Lipinski definition) is 3. The number of carbonyl (C=O) groups is 2. The van der Waals surface area contributed by atoms with Crippen LogP contribution in [0, 0.1) is 6.92 Å². The van der Waals surface area contributed by atoms with Gasteiger partial charge in [-0.15, -0.1) is 0 Å². The number of amides is 2. The first-order valence-corrected chi connectivity index (χ1v) is 8.98. The van der Waals surface area contributed by atoms with Crippen LogP contribution in [-0.2, 0) is 9.59 Å². The van der Waals surface area contributed by atoms with Crippen molar-refractivity contribution < 1.29 is 9.59 Å². The van der Waals surface area contributed by atoms with Gasteiger partial charge in [0.25, 0.3) is 0 Å². The molecule has 4 N–H and O–H groups in total. The van der Waals surface area contributed by atoms with Crippen molar-refractivity contribution >= 4 is 29.4 Å². The zero-order chi connectivity index (χ0) is 19.2. The number of para-hydroxylation sites is 2. The average Bonchev–Trinajstić information content (AvgIpc) is 2.63. The maximum atomic E-state index is 11.6. The van der Waals surface area contributed by atoms with Gasteiger partial charge in [-0.2, -0.15) is 0 Å². The molecule has 26 heavy (non-hydrogen) atoms. The fourth-order valence-electron chi connectivity index (χ4n) is 2.25. The number of nitrogen functional groups attached to an aromatic ring is 1. The largest absolute Gasteiger partial charge is 0.397 e. The minimum Gasteiger partial charge on any atom is -0.397 e. The molecule has 2 aromatic rings. The Labute approximate surface area is 156 Å². The third kappa shape index (κ3) is 8.87. The van der Waals surface area contributed by atoms with E-state index in [4.69, 9.17) is 5.73 Å². The summed E-state index contributed by atoms with van der Waals surface area (Å²) in [5.74, 6) is 0.0500. The van der Waals surface area contributed by atoms with Gasteiger partial charge in [0.1, 0.15) is 0 Å². The number of benzene rings is 2. The molecule has 5 nitrogen and oxygen atoms in total. The molecule has 2 amide bonds. The summed E-state index contributed by atoms with van der Waals surface area (Å²) in [5, 5.41) is 5.38. The highest BCUT2D eigenvalue weighted by Gasteiger charge is 2.03. The number of nitrogens with two attached hydrogens (primary N) is 1. The van der Waals surface area contributed by atoms with Crippen molar-refractivity contribution in [3.63, 3.8) is 0 Å². The highest BCUT2D eigenvalue weighted by molar-refractivity contribution is 5.93. The summed E-state index contributed by atoms with van der Waals surface area (Å²) < 4.78 is 0. The number of carbonyl (C=O) groups excluding carboxylic acids is 2. The average molecular weight is 355 g/mol. The van der Waals surface area contributed by atoms with E-state index in [0.29, 0.717) is 24.2 Å². The van der Waals surface area contributed by atoms with Crippen molar-refractivity contribution in [3.8, 4) is 0 Å². The van der Waals surface area contributed by atoms with Gasteiger partial charge in [-0.1, -0.05) is 56.0 Å². The molecule has 0 saturated heterocycles. The van der Waals surface area contributed by atoms with Crippen LogP contribution in [0.4, 0.5) is 17.1 Å².